The zero-order chi connectivity index (χ0) is 17.2. The SMILES string of the molecule is CCOCCOc1ccc(NCCOc2cc(C)cc(C)c2)cc1. The second-order valence-corrected chi connectivity index (χ2v) is 5.67. The minimum atomic E-state index is 0.574. The molecule has 0 heterocycles. The molecule has 0 aliphatic carbocycles. The van der Waals surface area contributed by atoms with E-state index in [4.69, 9.17) is 14.2 Å². The lowest BCUT2D eigenvalue weighted by atomic mass is 10.1. The maximum Gasteiger partial charge on any atom is 0.119 e. The molecule has 0 aliphatic heterocycles. The molecule has 2 rings (SSSR count). The Morgan fingerprint density at radius 1 is 0.792 bits per heavy atom. The van der Waals surface area contributed by atoms with Crippen molar-refractivity contribution in [3.05, 3.63) is 53.6 Å². The Balaban J connectivity index is 1.68. The molecule has 4 nitrogen and oxygen atoms in total. The minimum Gasteiger partial charge on any atom is -0.492 e. The number of anilines is 1. The van der Waals surface area contributed by atoms with Crippen LogP contribution in [0.25, 0.3) is 0 Å². The fourth-order valence-electron chi connectivity index (χ4n) is 2.41. The molecule has 0 radical (unpaired) electrons. The van der Waals surface area contributed by atoms with Crippen molar-refractivity contribution < 1.29 is 14.2 Å². The molecule has 0 unspecified atom stereocenters. The Morgan fingerprint density at radius 3 is 2.12 bits per heavy atom. The molecule has 0 spiro atoms. The van der Waals surface area contributed by atoms with Gasteiger partial charge >= 0.3 is 0 Å². The molecule has 0 bridgehead atoms. The van der Waals surface area contributed by atoms with Crippen molar-refractivity contribution >= 4 is 5.69 Å². The summed E-state index contributed by atoms with van der Waals surface area (Å²) in [6.45, 7) is 9.41. The van der Waals surface area contributed by atoms with Gasteiger partial charge in [-0.05, 0) is 68.3 Å². The van der Waals surface area contributed by atoms with Gasteiger partial charge < -0.3 is 19.5 Å². The van der Waals surface area contributed by atoms with Crippen LogP contribution in [0.4, 0.5) is 5.69 Å². The summed E-state index contributed by atoms with van der Waals surface area (Å²) < 4.78 is 16.6. The molecule has 0 fully saturated rings. The second kappa shape index (κ2) is 9.83. The minimum absolute atomic E-state index is 0.574. The standard InChI is InChI=1S/C20H27NO3/c1-4-22-11-12-24-19-7-5-18(6-8-19)21-9-10-23-20-14-16(2)13-17(3)15-20/h5-8,13-15,21H,4,9-12H2,1-3H3. The summed E-state index contributed by atoms with van der Waals surface area (Å²) >= 11 is 0. The molecule has 0 aromatic heterocycles. The molecule has 0 saturated carbocycles. The van der Waals surface area contributed by atoms with Gasteiger partial charge in [0.15, 0.2) is 0 Å². The van der Waals surface area contributed by atoms with Crippen molar-refractivity contribution in [2.45, 2.75) is 20.8 Å². The predicted octanol–water partition coefficient (Wildman–Crippen LogP) is 4.21. The van der Waals surface area contributed by atoms with Crippen LogP contribution in [0, 0.1) is 13.8 Å². The van der Waals surface area contributed by atoms with Crippen molar-refractivity contribution in [2.75, 3.05) is 38.3 Å². The monoisotopic (exact) mass is 329 g/mol. The zero-order valence-corrected chi connectivity index (χ0v) is 14.8. The first-order chi connectivity index (χ1) is 11.7. The maximum absolute atomic E-state index is 5.79. The normalized spacial score (nSPS) is 10.5. The maximum atomic E-state index is 5.79. The molecule has 4 heteroatoms. The van der Waals surface area contributed by atoms with E-state index in [9.17, 15) is 0 Å². The molecule has 1 N–H and O–H groups in total. The quantitative estimate of drug-likeness (QED) is 0.663. The van der Waals surface area contributed by atoms with E-state index in [1.165, 1.54) is 11.1 Å². The molecule has 2 aromatic rings. The summed E-state index contributed by atoms with van der Waals surface area (Å²) in [6.07, 6.45) is 0. The third-order valence-corrected chi connectivity index (χ3v) is 3.45. The fourth-order valence-corrected chi connectivity index (χ4v) is 2.41. The third-order valence-electron chi connectivity index (χ3n) is 3.45. The van der Waals surface area contributed by atoms with Gasteiger partial charge in [-0.3, -0.25) is 0 Å². The van der Waals surface area contributed by atoms with Crippen molar-refractivity contribution in [1.82, 2.24) is 0 Å². The first kappa shape index (κ1) is 18.1. The van der Waals surface area contributed by atoms with E-state index < -0.39 is 0 Å². The van der Waals surface area contributed by atoms with E-state index in [2.05, 4.69) is 37.4 Å². The Labute approximate surface area is 144 Å². The largest absolute Gasteiger partial charge is 0.492 e. The molecular formula is C20H27NO3. The zero-order valence-electron chi connectivity index (χ0n) is 14.8. The van der Waals surface area contributed by atoms with Crippen LogP contribution in [-0.4, -0.2) is 33.0 Å². The summed E-state index contributed by atoms with van der Waals surface area (Å²) in [6, 6.07) is 14.2. The number of benzene rings is 2. The highest BCUT2D eigenvalue weighted by Gasteiger charge is 1.98. The van der Waals surface area contributed by atoms with E-state index in [-0.39, 0.29) is 0 Å². The van der Waals surface area contributed by atoms with Crippen molar-refractivity contribution in [2.24, 2.45) is 0 Å². The van der Waals surface area contributed by atoms with E-state index in [0.29, 0.717) is 19.8 Å². The van der Waals surface area contributed by atoms with Crippen LogP contribution in [0.5, 0.6) is 11.5 Å². The van der Waals surface area contributed by atoms with Crippen LogP contribution in [0.1, 0.15) is 18.1 Å². The van der Waals surface area contributed by atoms with E-state index in [1.54, 1.807) is 0 Å². The Hall–Kier alpha value is -2.20. The third kappa shape index (κ3) is 6.50. The van der Waals surface area contributed by atoms with Crippen LogP contribution in [0.3, 0.4) is 0 Å². The second-order valence-electron chi connectivity index (χ2n) is 5.67. The van der Waals surface area contributed by atoms with Gasteiger partial charge in [-0.2, -0.15) is 0 Å². The number of hydrogen-bond donors (Lipinski definition) is 1. The van der Waals surface area contributed by atoms with Crippen molar-refractivity contribution in [1.29, 1.82) is 0 Å². The summed E-state index contributed by atoms with van der Waals surface area (Å²) in [5, 5.41) is 3.34. The number of ether oxygens (including phenoxy) is 3. The lowest BCUT2D eigenvalue weighted by Crippen LogP contribution is -2.11. The lowest BCUT2D eigenvalue weighted by molar-refractivity contribution is 0.110. The first-order valence-corrected chi connectivity index (χ1v) is 8.43. The average Bonchev–Trinajstić information content (AvgIpc) is 2.56. The number of aryl methyl sites for hydroxylation is 2. The Kier molecular flexibility index (Phi) is 7.43. The summed E-state index contributed by atoms with van der Waals surface area (Å²) in [5.41, 5.74) is 3.49. The molecule has 0 amide bonds. The van der Waals surface area contributed by atoms with Gasteiger partial charge in [-0.15, -0.1) is 0 Å². The van der Waals surface area contributed by atoms with E-state index in [0.717, 1.165) is 30.3 Å². The van der Waals surface area contributed by atoms with Gasteiger partial charge in [0.2, 0.25) is 0 Å². The van der Waals surface area contributed by atoms with Crippen LogP contribution >= 0.6 is 0 Å². The highest BCUT2D eigenvalue weighted by atomic mass is 16.5. The van der Waals surface area contributed by atoms with Gasteiger partial charge in [0.05, 0.1) is 6.61 Å². The van der Waals surface area contributed by atoms with Gasteiger partial charge in [-0.25, -0.2) is 0 Å². The summed E-state index contributed by atoms with van der Waals surface area (Å²) in [7, 11) is 0. The number of rotatable bonds is 10. The summed E-state index contributed by atoms with van der Waals surface area (Å²) in [5.74, 6) is 1.78. The Morgan fingerprint density at radius 2 is 1.46 bits per heavy atom. The lowest BCUT2D eigenvalue weighted by Gasteiger charge is -2.11. The van der Waals surface area contributed by atoms with Crippen LogP contribution < -0.4 is 14.8 Å². The molecule has 0 atom stereocenters. The van der Waals surface area contributed by atoms with Crippen molar-refractivity contribution in [3.8, 4) is 11.5 Å². The topological polar surface area (TPSA) is 39.7 Å². The molecule has 0 aliphatic rings. The highest BCUT2D eigenvalue weighted by molar-refractivity contribution is 5.46. The molecule has 0 saturated heterocycles. The van der Waals surface area contributed by atoms with Gasteiger partial charge in [-0.1, -0.05) is 6.07 Å². The number of nitrogens with one attached hydrogen (secondary N) is 1. The van der Waals surface area contributed by atoms with Gasteiger partial charge in [0.25, 0.3) is 0 Å². The molecule has 24 heavy (non-hydrogen) atoms. The van der Waals surface area contributed by atoms with Crippen molar-refractivity contribution in [3.63, 3.8) is 0 Å². The Bertz CT molecular complexity index is 591. The van der Waals surface area contributed by atoms with E-state index >= 15 is 0 Å². The summed E-state index contributed by atoms with van der Waals surface area (Å²) in [4.78, 5) is 0. The predicted molar refractivity (Wildman–Crippen MR) is 98.3 cm³/mol. The van der Waals surface area contributed by atoms with E-state index in [1.807, 2.05) is 31.2 Å². The smallest absolute Gasteiger partial charge is 0.119 e. The van der Waals surface area contributed by atoms with Gasteiger partial charge in [0.1, 0.15) is 24.7 Å². The van der Waals surface area contributed by atoms with Crippen LogP contribution in [-0.2, 0) is 4.74 Å². The van der Waals surface area contributed by atoms with Gasteiger partial charge in [0, 0.05) is 18.8 Å². The molecule has 130 valence electrons. The highest BCUT2D eigenvalue weighted by Crippen LogP contribution is 2.17. The average molecular weight is 329 g/mol. The first-order valence-electron chi connectivity index (χ1n) is 8.43. The molecule has 2 aromatic carbocycles. The molecular weight excluding hydrogens is 302 g/mol. The fraction of sp³-hybridized carbons (Fsp3) is 0.400. The van der Waals surface area contributed by atoms with Crippen LogP contribution in [0.15, 0.2) is 42.5 Å². The number of hydrogen-bond acceptors (Lipinski definition) is 4. The van der Waals surface area contributed by atoms with Crippen LogP contribution in [0.2, 0.25) is 0 Å².